The molecule has 0 fully saturated rings. The van der Waals surface area contributed by atoms with E-state index in [1.54, 1.807) is 30.6 Å². The van der Waals surface area contributed by atoms with Gasteiger partial charge in [0.15, 0.2) is 0 Å². The summed E-state index contributed by atoms with van der Waals surface area (Å²) in [6, 6.07) is 7.74. The van der Waals surface area contributed by atoms with Gasteiger partial charge in [-0.2, -0.15) is 13.2 Å². The van der Waals surface area contributed by atoms with Crippen molar-refractivity contribution in [2.45, 2.75) is 13.1 Å². The van der Waals surface area contributed by atoms with Crippen molar-refractivity contribution >= 4 is 0 Å². The van der Waals surface area contributed by atoms with Gasteiger partial charge in [-0.05, 0) is 30.2 Å². The van der Waals surface area contributed by atoms with Gasteiger partial charge in [0, 0.05) is 18.0 Å². The van der Waals surface area contributed by atoms with Crippen molar-refractivity contribution in [3.8, 4) is 11.1 Å². The molecule has 2 aromatic rings. The average molecular weight is 237 g/mol. The Hall–Kier alpha value is -1.84. The normalized spacial score (nSPS) is 11.5. The molecular weight excluding hydrogens is 227 g/mol. The molecule has 0 aliphatic carbocycles. The largest absolute Gasteiger partial charge is 0.416 e. The van der Waals surface area contributed by atoms with Gasteiger partial charge in [0.2, 0.25) is 0 Å². The summed E-state index contributed by atoms with van der Waals surface area (Å²) < 4.78 is 38.2. The van der Waals surface area contributed by atoms with E-state index in [1.807, 2.05) is 0 Å². The van der Waals surface area contributed by atoms with E-state index in [0.717, 1.165) is 6.07 Å². The molecule has 0 atom stereocenters. The number of nitrogens with zero attached hydrogens (tertiary/aromatic N) is 1. The molecule has 1 aromatic carbocycles. The van der Waals surface area contributed by atoms with Gasteiger partial charge >= 0.3 is 6.18 Å². The fraction of sp³-hybridized carbons (Fsp3) is 0.154. The Kier molecular flexibility index (Phi) is 2.88. The van der Waals surface area contributed by atoms with Crippen molar-refractivity contribution in [3.63, 3.8) is 0 Å². The molecule has 0 saturated carbocycles. The first-order chi connectivity index (χ1) is 7.98. The van der Waals surface area contributed by atoms with Gasteiger partial charge in [-0.25, -0.2) is 0 Å². The lowest BCUT2D eigenvalue weighted by Crippen LogP contribution is -2.07. The summed E-state index contributed by atoms with van der Waals surface area (Å²) >= 11 is 0. The van der Waals surface area contributed by atoms with Gasteiger partial charge in [-0.15, -0.1) is 0 Å². The van der Waals surface area contributed by atoms with E-state index in [-0.39, 0.29) is 5.56 Å². The number of rotatable bonds is 1. The minimum Gasteiger partial charge on any atom is -0.264 e. The minimum absolute atomic E-state index is 0.227. The molecule has 1 nitrogen and oxygen atoms in total. The van der Waals surface area contributed by atoms with Crippen LogP contribution in [0.4, 0.5) is 13.2 Å². The fourth-order valence-corrected chi connectivity index (χ4v) is 1.64. The Labute approximate surface area is 96.9 Å². The maximum Gasteiger partial charge on any atom is 0.416 e. The molecule has 0 saturated heterocycles. The van der Waals surface area contributed by atoms with Crippen LogP contribution in [-0.4, -0.2) is 4.98 Å². The summed E-state index contributed by atoms with van der Waals surface area (Å²) in [7, 11) is 0. The highest BCUT2D eigenvalue weighted by molar-refractivity contribution is 5.64. The monoisotopic (exact) mass is 237 g/mol. The lowest BCUT2D eigenvalue weighted by Gasteiger charge is -2.12. The SMILES string of the molecule is Cc1ccc(-c2cccnc2)cc1C(F)(F)F. The maximum absolute atomic E-state index is 12.7. The van der Waals surface area contributed by atoms with Crippen molar-refractivity contribution in [2.24, 2.45) is 0 Å². The van der Waals surface area contributed by atoms with Crippen molar-refractivity contribution in [2.75, 3.05) is 0 Å². The number of pyridine rings is 1. The molecule has 0 spiro atoms. The predicted octanol–water partition coefficient (Wildman–Crippen LogP) is 4.08. The molecule has 0 bridgehead atoms. The van der Waals surface area contributed by atoms with Crippen LogP contribution in [0.1, 0.15) is 11.1 Å². The van der Waals surface area contributed by atoms with Crippen molar-refractivity contribution in [1.29, 1.82) is 0 Å². The van der Waals surface area contributed by atoms with Gasteiger partial charge in [-0.3, -0.25) is 4.98 Å². The number of hydrogen-bond acceptors (Lipinski definition) is 1. The number of aromatic nitrogens is 1. The lowest BCUT2D eigenvalue weighted by atomic mass is 10.0. The van der Waals surface area contributed by atoms with Gasteiger partial charge in [0.25, 0.3) is 0 Å². The topological polar surface area (TPSA) is 12.9 Å². The van der Waals surface area contributed by atoms with E-state index in [1.165, 1.54) is 13.0 Å². The average Bonchev–Trinajstić information content (AvgIpc) is 2.29. The van der Waals surface area contributed by atoms with E-state index in [0.29, 0.717) is 11.1 Å². The minimum atomic E-state index is -4.32. The zero-order valence-electron chi connectivity index (χ0n) is 9.12. The molecule has 0 unspecified atom stereocenters. The van der Waals surface area contributed by atoms with Gasteiger partial charge < -0.3 is 0 Å². The Morgan fingerprint density at radius 1 is 1.06 bits per heavy atom. The van der Waals surface area contributed by atoms with E-state index in [9.17, 15) is 13.2 Å². The maximum atomic E-state index is 12.7. The molecule has 0 N–H and O–H groups in total. The quantitative estimate of drug-likeness (QED) is 0.728. The summed E-state index contributed by atoms with van der Waals surface area (Å²) in [5, 5.41) is 0. The van der Waals surface area contributed by atoms with Crippen LogP contribution in [0.3, 0.4) is 0 Å². The molecule has 0 aliphatic heterocycles. The first kappa shape index (κ1) is 11.6. The highest BCUT2D eigenvalue weighted by Crippen LogP contribution is 2.34. The number of alkyl halides is 3. The summed E-state index contributed by atoms with van der Waals surface area (Å²) in [4.78, 5) is 3.89. The fourth-order valence-electron chi connectivity index (χ4n) is 1.64. The van der Waals surface area contributed by atoms with Gasteiger partial charge in [0.1, 0.15) is 0 Å². The Morgan fingerprint density at radius 2 is 1.82 bits per heavy atom. The smallest absolute Gasteiger partial charge is 0.264 e. The van der Waals surface area contributed by atoms with E-state index < -0.39 is 11.7 Å². The van der Waals surface area contributed by atoms with Crippen LogP contribution in [0.15, 0.2) is 42.7 Å². The lowest BCUT2D eigenvalue weighted by molar-refractivity contribution is -0.138. The van der Waals surface area contributed by atoms with Crippen LogP contribution < -0.4 is 0 Å². The molecule has 0 aliphatic rings. The highest BCUT2D eigenvalue weighted by atomic mass is 19.4. The third-order valence-corrected chi connectivity index (χ3v) is 2.54. The molecule has 4 heteroatoms. The van der Waals surface area contributed by atoms with Crippen molar-refractivity contribution in [1.82, 2.24) is 4.98 Å². The molecule has 17 heavy (non-hydrogen) atoms. The molecule has 88 valence electrons. The number of halogens is 3. The predicted molar refractivity (Wildman–Crippen MR) is 59.4 cm³/mol. The second-order valence-electron chi connectivity index (χ2n) is 3.77. The molecule has 1 heterocycles. The van der Waals surface area contributed by atoms with E-state index >= 15 is 0 Å². The van der Waals surface area contributed by atoms with Crippen LogP contribution in [0.2, 0.25) is 0 Å². The zero-order valence-corrected chi connectivity index (χ0v) is 9.12. The number of hydrogen-bond donors (Lipinski definition) is 0. The van der Waals surface area contributed by atoms with Gasteiger partial charge in [0.05, 0.1) is 5.56 Å². The summed E-state index contributed by atoms with van der Waals surface area (Å²) in [6.07, 6.45) is -1.19. The Bertz CT molecular complexity index is 518. The Balaban J connectivity index is 2.53. The number of aryl methyl sites for hydroxylation is 1. The van der Waals surface area contributed by atoms with E-state index in [4.69, 9.17) is 0 Å². The van der Waals surface area contributed by atoms with Crippen LogP contribution >= 0.6 is 0 Å². The zero-order chi connectivity index (χ0) is 12.5. The van der Waals surface area contributed by atoms with Crippen LogP contribution in [0.25, 0.3) is 11.1 Å². The highest BCUT2D eigenvalue weighted by Gasteiger charge is 2.32. The standard InChI is InChI=1S/C13H10F3N/c1-9-4-5-10(7-12(9)13(14,15)16)11-3-2-6-17-8-11/h2-8H,1H3. The third-order valence-electron chi connectivity index (χ3n) is 2.54. The molecular formula is C13H10F3N. The van der Waals surface area contributed by atoms with Crippen LogP contribution in [-0.2, 0) is 6.18 Å². The van der Waals surface area contributed by atoms with Crippen molar-refractivity contribution in [3.05, 3.63) is 53.9 Å². The molecule has 2 rings (SSSR count). The van der Waals surface area contributed by atoms with Crippen LogP contribution in [0.5, 0.6) is 0 Å². The Morgan fingerprint density at radius 3 is 2.41 bits per heavy atom. The molecule has 1 aromatic heterocycles. The third kappa shape index (κ3) is 2.46. The van der Waals surface area contributed by atoms with Crippen LogP contribution in [0, 0.1) is 6.92 Å². The second kappa shape index (κ2) is 4.20. The van der Waals surface area contributed by atoms with E-state index in [2.05, 4.69) is 4.98 Å². The summed E-state index contributed by atoms with van der Waals surface area (Å²) in [5.74, 6) is 0. The summed E-state index contributed by atoms with van der Waals surface area (Å²) in [5.41, 5.74) is 0.831. The first-order valence-electron chi connectivity index (χ1n) is 5.07. The second-order valence-corrected chi connectivity index (χ2v) is 3.77. The first-order valence-corrected chi connectivity index (χ1v) is 5.07. The van der Waals surface area contributed by atoms with Crippen molar-refractivity contribution < 1.29 is 13.2 Å². The molecule has 0 radical (unpaired) electrons. The summed E-state index contributed by atoms with van der Waals surface area (Å²) in [6.45, 7) is 1.45. The molecule has 0 amide bonds. The number of benzene rings is 1. The van der Waals surface area contributed by atoms with Gasteiger partial charge in [-0.1, -0.05) is 18.2 Å².